The molecule has 0 saturated carbocycles. The van der Waals surface area contributed by atoms with Crippen LogP contribution in [-0.4, -0.2) is 38.9 Å². The van der Waals surface area contributed by atoms with Crippen LogP contribution < -0.4 is 9.62 Å². The van der Waals surface area contributed by atoms with Crippen molar-refractivity contribution >= 4 is 40.1 Å². The zero-order valence-corrected chi connectivity index (χ0v) is 20.8. The summed E-state index contributed by atoms with van der Waals surface area (Å²) in [6.45, 7) is 6.68. The molecular formula is C27H32N2O3S. The predicted molar refractivity (Wildman–Crippen MR) is 139 cm³/mol. The molecule has 0 spiro atoms. The number of terminal acetylenes is 1. The van der Waals surface area contributed by atoms with Gasteiger partial charge in [-0.05, 0) is 56.8 Å². The maximum atomic E-state index is 11.9. The molecule has 2 atom stereocenters. The SMILES string of the molecule is C#CCN(c1ccc(NSC2=C(C)CC(OC)C=C2C)c2ccccc12)C(C)CC(=O)OC. The van der Waals surface area contributed by atoms with Crippen molar-refractivity contribution in [1.29, 1.82) is 0 Å². The van der Waals surface area contributed by atoms with Gasteiger partial charge in [0.1, 0.15) is 0 Å². The maximum absolute atomic E-state index is 11.9. The van der Waals surface area contributed by atoms with Gasteiger partial charge in [0.05, 0.1) is 31.9 Å². The van der Waals surface area contributed by atoms with Gasteiger partial charge >= 0.3 is 5.97 Å². The largest absolute Gasteiger partial charge is 0.469 e. The number of benzene rings is 2. The van der Waals surface area contributed by atoms with Crippen LogP contribution in [0.3, 0.4) is 0 Å². The number of carbonyl (C=O) groups excluding carboxylic acids is 1. The van der Waals surface area contributed by atoms with Gasteiger partial charge in [0.25, 0.3) is 0 Å². The minimum atomic E-state index is -0.251. The van der Waals surface area contributed by atoms with Crippen LogP contribution in [0.5, 0.6) is 0 Å². The minimum absolute atomic E-state index is 0.0957. The van der Waals surface area contributed by atoms with Crippen molar-refractivity contribution in [1.82, 2.24) is 0 Å². The molecule has 174 valence electrons. The highest BCUT2D eigenvalue weighted by Crippen LogP contribution is 2.38. The minimum Gasteiger partial charge on any atom is -0.469 e. The predicted octanol–water partition coefficient (Wildman–Crippen LogP) is 5.93. The molecule has 0 radical (unpaired) electrons. The molecule has 2 unspecified atom stereocenters. The van der Waals surface area contributed by atoms with E-state index in [4.69, 9.17) is 15.9 Å². The Kier molecular flexibility index (Phi) is 8.49. The van der Waals surface area contributed by atoms with E-state index >= 15 is 0 Å². The number of hydrogen-bond acceptors (Lipinski definition) is 6. The van der Waals surface area contributed by atoms with E-state index in [1.807, 2.05) is 19.1 Å². The number of allylic oxidation sites excluding steroid dienone is 1. The van der Waals surface area contributed by atoms with Crippen molar-refractivity contribution in [3.05, 3.63) is 58.5 Å². The van der Waals surface area contributed by atoms with Crippen molar-refractivity contribution < 1.29 is 14.3 Å². The molecule has 0 amide bonds. The maximum Gasteiger partial charge on any atom is 0.307 e. The third-order valence-electron chi connectivity index (χ3n) is 5.95. The van der Waals surface area contributed by atoms with Crippen LogP contribution in [0, 0.1) is 12.3 Å². The summed E-state index contributed by atoms with van der Waals surface area (Å²) in [5, 5.41) is 2.18. The summed E-state index contributed by atoms with van der Waals surface area (Å²) in [5.41, 5.74) is 4.57. The van der Waals surface area contributed by atoms with E-state index in [1.165, 1.54) is 23.2 Å². The average molecular weight is 465 g/mol. The van der Waals surface area contributed by atoms with Crippen molar-refractivity contribution in [2.75, 3.05) is 30.4 Å². The number of nitrogens with one attached hydrogen (secondary N) is 1. The first-order valence-electron chi connectivity index (χ1n) is 11.0. The summed E-state index contributed by atoms with van der Waals surface area (Å²) in [7, 11) is 3.16. The molecule has 0 heterocycles. The lowest BCUT2D eigenvalue weighted by molar-refractivity contribution is -0.140. The molecule has 5 nitrogen and oxygen atoms in total. The van der Waals surface area contributed by atoms with E-state index < -0.39 is 0 Å². The topological polar surface area (TPSA) is 50.8 Å². The fraction of sp³-hybridized carbons (Fsp3) is 0.370. The van der Waals surface area contributed by atoms with E-state index in [-0.39, 0.29) is 24.5 Å². The summed E-state index contributed by atoms with van der Waals surface area (Å²) in [5.74, 6) is 2.48. The fourth-order valence-electron chi connectivity index (χ4n) is 4.20. The monoisotopic (exact) mass is 464 g/mol. The summed E-state index contributed by atoms with van der Waals surface area (Å²) in [6, 6.07) is 12.3. The summed E-state index contributed by atoms with van der Waals surface area (Å²) < 4.78 is 13.9. The van der Waals surface area contributed by atoms with Crippen LogP contribution in [-0.2, 0) is 14.3 Å². The number of esters is 1. The van der Waals surface area contributed by atoms with Gasteiger partial charge in [-0.1, -0.05) is 41.8 Å². The number of ether oxygens (including phenoxy) is 2. The Balaban J connectivity index is 1.91. The lowest BCUT2D eigenvalue weighted by Crippen LogP contribution is -2.35. The second kappa shape index (κ2) is 11.3. The molecule has 1 aliphatic rings. The van der Waals surface area contributed by atoms with E-state index in [0.29, 0.717) is 6.54 Å². The Morgan fingerprint density at radius 3 is 2.61 bits per heavy atom. The molecule has 0 aliphatic heterocycles. The molecule has 0 saturated heterocycles. The van der Waals surface area contributed by atoms with Gasteiger partial charge < -0.3 is 19.1 Å². The number of rotatable bonds is 9. The molecule has 33 heavy (non-hydrogen) atoms. The Hall–Kier alpha value is -2.88. The van der Waals surface area contributed by atoms with Crippen LogP contribution in [0.4, 0.5) is 11.4 Å². The van der Waals surface area contributed by atoms with Crippen LogP contribution in [0.2, 0.25) is 0 Å². The highest BCUT2D eigenvalue weighted by molar-refractivity contribution is 8.04. The first-order valence-corrected chi connectivity index (χ1v) is 11.8. The van der Waals surface area contributed by atoms with Gasteiger partial charge in [-0.2, -0.15) is 0 Å². The fourth-order valence-corrected chi connectivity index (χ4v) is 5.08. The normalized spacial score (nSPS) is 16.7. The Bertz CT molecular complexity index is 1120. The van der Waals surface area contributed by atoms with E-state index in [9.17, 15) is 4.79 Å². The van der Waals surface area contributed by atoms with Gasteiger partial charge in [0.2, 0.25) is 0 Å². The van der Waals surface area contributed by atoms with Crippen LogP contribution in [0.1, 0.15) is 33.6 Å². The van der Waals surface area contributed by atoms with Crippen molar-refractivity contribution in [2.45, 2.75) is 45.8 Å². The van der Waals surface area contributed by atoms with Crippen LogP contribution >= 0.6 is 11.9 Å². The standard InChI is InChI=1S/C27H32N2O3S/c1-7-14-29(20(4)17-26(30)32-6)25-13-12-24(22-10-8-9-11-23(22)25)28-33-27-18(2)15-21(31-5)16-19(27)3/h1,8-13,15,20-21,28H,14,16-17H2,2-6H3. The molecule has 0 fully saturated rings. The second-order valence-electron chi connectivity index (χ2n) is 8.28. The number of fused-ring (bicyclic) bond motifs is 1. The molecule has 6 heteroatoms. The Labute approximate surface area is 201 Å². The first-order chi connectivity index (χ1) is 15.9. The molecule has 0 aromatic heterocycles. The van der Waals surface area contributed by atoms with Crippen molar-refractivity contribution in [3.63, 3.8) is 0 Å². The van der Waals surface area contributed by atoms with Gasteiger partial charge in [-0.3, -0.25) is 4.79 Å². The third kappa shape index (κ3) is 5.73. The van der Waals surface area contributed by atoms with Crippen molar-refractivity contribution in [2.24, 2.45) is 0 Å². The van der Waals surface area contributed by atoms with Crippen molar-refractivity contribution in [3.8, 4) is 12.3 Å². The first kappa shape index (κ1) is 24.8. The van der Waals surface area contributed by atoms with E-state index in [2.05, 4.69) is 59.7 Å². The van der Waals surface area contributed by atoms with Gasteiger partial charge in [0, 0.05) is 34.5 Å². The van der Waals surface area contributed by atoms with Gasteiger partial charge in [-0.25, -0.2) is 0 Å². The second-order valence-corrected chi connectivity index (χ2v) is 9.10. The molecule has 2 aromatic rings. The Morgan fingerprint density at radius 2 is 1.97 bits per heavy atom. The average Bonchev–Trinajstić information content (AvgIpc) is 2.81. The van der Waals surface area contributed by atoms with E-state index in [1.54, 1.807) is 19.1 Å². The number of anilines is 2. The molecule has 1 N–H and O–H groups in total. The summed E-state index contributed by atoms with van der Waals surface area (Å²) in [4.78, 5) is 15.2. The zero-order valence-electron chi connectivity index (χ0n) is 20.0. The summed E-state index contributed by atoms with van der Waals surface area (Å²) >= 11 is 1.63. The highest BCUT2D eigenvalue weighted by atomic mass is 32.2. The zero-order chi connectivity index (χ0) is 24.0. The summed E-state index contributed by atoms with van der Waals surface area (Å²) in [6.07, 6.45) is 9.16. The quantitative estimate of drug-likeness (QED) is 0.282. The smallest absolute Gasteiger partial charge is 0.307 e. The van der Waals surface area contributed by atoms with Gasteiger partial charge in [0.15, 0.2) is 0 Å². The highest BCUT2D eigenvalue weighted by Gasteiger charge is 2.21. The third-order valence-corrected chi connectivity index (χ3v) is 7.15. The molecule has 0 bridgehead atoms. The number of hydrogen-bond donors (Lipinski definition) is 1. The molecule has 1 aliphatic carbocycles. The Morgan fingerprint density at radius 1 is 1.24 bits per heavy atom. The van der Waals surface area contributed by atoms with Gasteiger partial charge in [-0.15, -0.1) is 6.42 Å². The molecule has 3 rings (SSSR count). The van der Waals surface area contributed by atoms with Crippen LogP contribution in [0.15, 0.2) is 58.5 Å². The molecular weight excluding hydrogens is 432 g/mol. The van der Waals surface area contributed by atoms with Crippen LogP contribution in [0.25, 0.3) is 10.8 Å². The number of methoxy groups -OCH3 is 2. The molecule has 2 aromatic carbocycles. The van der Waals surface area contributed by atoms with E-state index in [0.717, 1.165) is 28.6 Å². The lowest BCUT2D eigenvalue weighted by atomic mass is 9.99. The lowest BCUT2D eigenvalue weighted by Gasteiger charge is -2.30. The number of nitrogens with zero attached hydrogens (tertiary/aromatic N) is 1. The number of carbonyl (C=O) groups is 1.